The molecular weight excluding hydrogens is 298 g/mol. The van der Waals surface area contributed by atoms with Gasteiger partial charge in [-0.3, -0.25) is 14.4 Å². The number of rotatable bonds is 5. The molecule has 1 aliphatic rings. The summed E-state index contributed by atoms with van der Waals surface area (Å²) < 4.78 is 1.94. The molecule has 1 amide bonds. The number of nitrogens with zero attached hydrogens (tertiary/aromatic N) is 4. The van der Waals surface area contributed by atoms with E-state index >= 15 is 0 Å². The summed E-state index contributed by atoms with van der Waals surface area (Å²) in [6.07, 6.45) is 6.01. The number of amides is 1. The van der Waals surface area contributed by atoms with Gasteiger partial charge in [0.15, 0.2) is 5.13 Å². The summed E-state index contributed by atoms with van der Waals surface area (Å²) in [7, 11) is 0. The molecule has 0 aliphatic carbocycles. The quantitative estimate of drug-likeness (QED) is 0.916. The van der Waals surface area contributed by atoms with E-state index in [-0.39, 0.29) is 5.91 Å². The number of carbonyl (C=O) groups is 1. The second-order valence-corrected chi connectivity index (χ2v) is 6.91. The Morgan fingerprint density at radius 1 is 1.50 bits per heavy atom. The lowest BCUT2D eigenvalue weighted by atomic mass is 10.2. The normalized spacial score (nSPS) is 18.7. The van der Waals surface area contributed by atoms with Gasteiger partial charge < -0.3 is 5.32 Å². The largest absolute Gasteiger partial charge is 0.301 e. The van der Waals surface area contributed by atoms with Gasteiger partial charge >= 0.3 is 0 Å². The van der Waals surface area contributed by atoms with Gasteiger partial charge in [-0.1, -0.05) is 0 Å². The van der Waals surface area contributed by atoms with Gasteiger partial charge in [0.1, 0.15) is 0 Å². The number of carbonyl (C=O) groups excluding carboxylic acids is 1. The van der Waals surface area contributed by atoms with Crippen molar-refractivity contribution in [3.8, 4) is 0 Å². The van der Waals surface area contributed by atoms with Gasteiger partial charge in [0.05, 0.1) is 18.8 Å². The Kier molecular flexibility index (Phi) is 4.54. The molecule has 3 heterocycles. The zero-order chi connectivity index (χ0) is 15.5. The summed E-state index contributed by atoms with van der Waals surface area (Å²) >= 11 is 1.53. The molecule has 1 fully saturated rings. The lowest BCUT2D eigenvalue weighted by molar-refractivity contribution is -0.117. The number of anilines is 1. The molecule has 0 radical (unpaired) electrons. The minimum atomic E-state index is 0.0149. The lowest BCUT2D eigenvalue weighted by Crippen LogP contribution is -2.39. The topological polar surface area (TPSA) is 63.1 Å². The van der Waals surface area contributed by atoms with Gasteiger partial charge in [0.2, 0.25) is 5.91 Å². The number of aryl methyl sites for hydroxylation is 2. The molecule has 2 aromatic rings. The summed E-state index contributed by atoms with van der Waals surface area (Å²) in [5.41, 5.74) is 0.984. The van der Waals surface area contributed by atoms with Crippen LogP contribution in [-0.4, -0.2) is 44.7 Å². The molecule has 0 saturated carbocycles. The molecule has 22 heavy (non-hydrogen) atoms. The van der Waals surface area contributed by atoms with Crippen molar-refractivity contribution in [2.24, 2.45) is 0 Å². The average molecular weight is 319 g/mol. The van der Waals surface area contributed by atoms with Crippen LogP contribution in [0.15, 0.2) is 18.5 Å². The van der Waals surface area contributed by atoms with Gasteiger partial charge in [-0.25, -0.2) is 4.98 Å². The van der Waals surface area contributed by atoms with Crippen LogP contribution in [0.5, 0.6) is 0 Å². The molecule has 1 aliphatic heterocycles. The van der Waals surface area contributed by atoms with Crippen molar-refractivity contribution in [3.63, 3.8) is 0 Å². The predicted octanol–water partition coefficient (Wildman–Crippen LogP) is 2.06. The van der Waals surface area contributed by atoms with Crippen LogP contribution in [0.25, 0.3) is 0 Å². The van der Waals surface area contributed by atoms with Gasteiger partial charge in [0.25, 0.3) is 0 Å². The van der Waals surface area contributed by atoms with Crippen molar-refractivity contribution in [1.29, 1.82) is 0 Å². The SMILES string of the molecule is Cc1nc(NC(=O)CN2CCCC2Cn2cccn2)sc1C. The van der Waals surface area contributed by atoms with Crippen LogP contribution in [0.2, 0.25) is 0 Å². The summed E-state index contributed by atoms with van der Waals surface area (Å²) in [6.45, 7) is 6.21. The molecule has 0 aromatic carbocycles. The van der Waals surface area contributed by atoms with E-state index in [0.29, 0.717) is 17.7 Å². The molecular formula is C15H21N5OS. The second-order valence-electron chi connectivity index (χ2n) is 5.70. The Morgan fingerprint density at radius 3 is 3.05 bits per heavy atom. The maximum atomic E-state index is 12.2. The maximum Gasteiger partial charge on any atom is 0.240 e. The standard InChI is InChI=1S/C15H21N5OS/c1-11-12(2)22-15(17-11)18-14(21)10-19-7-3-5-13(19)9-20-8-4-6-16-20/h4,6,8,13H,3,5,7,9-10H2,1-2H3,(H,17,18,21). The number of nitrogens with one attached hydrogen (secondary N) is 1. The highest BCUT2D eigenvalue weighted by Gasteiger charge is 2.26. The molecule has 0 bridgehead atoms. The number of hydrogen-bond acceptors (Lipinski definition) is 5. The molecule has 1 atom stereocenters. The first-order valence-electron chi connectivity index (χ1n) is 7.57. The third-order valence-corrected chi connectivity index (χ3v) is 5.07. The summed E-state index contributed by atoms with van der Waals surface area (Å²) in [6, 6.07) is 2.31. The molecule has 3 rings (SSSR count). The fraction of sp³-hybridized carbons (Fsp3) is 0.533. The third-order valence-electron chi connectivity index (χ3n) is 4.08. The molecule has 0 spiro atoms. The highest BCUT2D eigenvalue weighted by Crippen LogP contribution is 2.22. The van der Waals surface area contributed by atoms with E-state index in [0.717, 1.165) is 36.5 Å². The minimum absolute atomic E-state index is 0.0149. The number of hydrogen-bond donors (Lipinski definition) is 1. The molecule has 1 unspecified atom stereocenters. The Hall–Kier alpha value is -1.73. The van der Waals surface area contributed by atoms with Crippen molar-refractivity contribution in [2.75, 3.05) is 18.4 Å². The van der Waals surface area contributed by atoms with Crippen molar-refractivity contribution in [2.45, 2.75) is 39.3 Å². The van der Waals surface area contributed by atoms with E-state index in [1.165, 1.54) is 11.3 Å². The Bertz CT molecular complexity index is 617. The first kappa shape index (κ1) is 15.2. The van der Waals surface area contributed by atoms with Crippen LogP contribution in [0.3, 0.4) is 0 Å². The van der Waals surface area contributed by atoms with Crippen LogP contribution >= 0.6 is 11.3 Å². The van der Waals surface area contributed by atoms with Crippen molar-refractivity contribution in [3.05, 3.63) is 29.0 Å². The average Bonchev–Trinajstić information content (AvgIpc) is 3.17. The number of aromatic nitrogens is 3. The van der Waals surface area contributed by atoms with Gasteiger partial charge in [-0.05, 0) is 39.3 Å². The first-order chi connectivity index (χ1) is 10.6. The molecule has 1 saturated heterocycles. The number of likely N-dealkylation sites (tertiary alicyclic amines) is 1. The van der Waals surface area contributed by atoms with Gasteiger partial charge in [-0.15, -0.1) is 11.3 Å². The van der Waals surface area contributed by atoms with E-state index in [1.54, 1.807) is 6.20 Å². The number of thiazole rings is 1. The van der Waals surface area contributed by atoms with Crippen molar-refractivity contribution >= 4 is 22.4 Å². The summed E-state index contributed by atoms with van der Waals surface area (Å²) in [5.74, 6) is 0.0149. The van der Waals surface area contributed by atoms with E-state index in [9.17, 15) is 4.79 Å². The summed E-state index contributed by atoms with van der Waals surface area (Å²) in [5, 5.41) is 7.87. The predicted molar refractivity (Wildman–Crippen MR) is 87.0 cm³/mol. The first-order valence-corrected chi connectivity index (χ1v) is 8.39. The third kappa shape index (κ3) is 3.53. The fourth-order valence-corrected chi connectivity index (χ4v) is 3.63. The highest BCUT2D eigenvalue weighted by molar-refractivity contribution is 7.15. The van der Waals surface area contributed by atoms with Crippen LogP contribution in [-0.2, 0) is 11.3 Å². The van der Waals surface area contributed by atoms with E-state index in [2.05, 4.69) is 20.3 Å². The molecule has 6 nitrogen and oxygen atoms in total. The molecule has 7 heteroatoms. The maximum absolute atomic E-state index is 12.2. The minimum Gasteiger partial charge on any atom is -0.301 e. The Labute approximate surface area is 134 Å². The van der Waals surface area contributed by atoms with E-state index in [4.69, 9.17) is 0 Å². The highest BCUT2D eigenvalue weighted by atomic mass is 32.1. The summed E-state index contributed by atoms with van der Waals surface area (Å²) in [4.78, 5) is 20.0. The van der Waals surface area contributed by atoms with E-state index < -0.39 is 0 Å². The zero-order valence-corrected chi connectivity index (χ0v) is 13.8. The molecule has 118 valence electrons. The lowest BCUT2D eigenvalue weighted by Gasteiger charge is -2.23. The van der Waals surface area contributed by atoms with Crippen LogP contribution in [0, 0.1) is 13.8 Å². The Morgan fingerprint density at radius 2 is 2.36 bits per heavy atom. The monoisotopic (exact) mass is 319 g/mol. The Balaban J connectivity index is 1.55. The van der Waals surface area contributed by atoms with Crippen LogP contribution in [0.4, 0.5) is 5.13 Å². The zero-order valence-electron chi connectivity index (χ0n) is 13.0. The molecule has 2 aromatic heterocycles. The second kappa shape index (κ2) is 6.58. The van der Waals surface area contributed by atoms with Gasteiger partial charge in [-0.2, -0.15) is 5.10 Å². The molecule has 1 N–H and O–H groups in total. The fourth-order valence-electron chi connectivity index (χ4n) is 2.80. The van der Waals surface area contributed by atoms with Crippen LogP contribution < -0.4 is 5.32 Å². The van der Waals surface area contributed by atoms with Crippen molar-refractivity contribution in [1.82, 2.24) is 19.7 Å². The van der Waals surface area contributed by atoms with Crippen LogP contribution in [0.1, 0.15) is 23.4 Å². The smallest absolute Gasteiger partial charge is 0.240 e. The van der Waals surface area contributed by atoms with Gasteiger partial charge in [0, 0.05) is 23.3 Å². The van der Waals surface area contributed by atoms with E-state index in [1.807, 2.05) is 30.8 Å². The van der Waals surface area contributed by atoms with Crippen molar-refractivity contribution < 1.29 is 4.79 Å².